The molecule has 1 aromatic heterocycles. The second-order valence-electron chi connectivity index (χ2n) is 4.38. The summed E-state index contributed by atoms with van der Waals surface area (Å²) >= 11 is 3.47. The number of methoxy groups -OCH3 is 1. The Hall–Kier alpha value is -1.81. The average Bonchev–Trinajstić information content (AvgIpc) is 2.81. The first-order valence-electron chi connectivity index (χ1n) is 6.00. The lowest BCUT2D eigenvalue weighted by Gasteiger charge is -2.03. The fourth-order valence-electron chi connectivity index (χ4n) is 2.05. The van der Waals surface area contributed by atoms with Gasteiger partial charge in [-0.3, -0.25) is 4.68 Å². The summed E-state index contributed by atoms with van der Waals surface area (Å²) in [6.45, 7) is 0.760. The van der Waals surface area contributed by atoms with Crippen molar-refractivity contribution in [3.8, 4) is 5.75 Å². The highest BCUT2D eigenvalue weighted by Crippen LogP contribution is 2.19. The maximum atomic E-state index is 5.15. The quantitative estimate of drug-likeness (QED) is 0.733. The minimum atomic E-state index is 0.760. The van der Waals surface area contributed by atoms with Crippen molar-refractivity contribution in [3.63, 3.8) is 0 Å². The molecule has 0 unspecified atom stereocenters. The van der Waals surface area contributed by atoms with E-state index in [1.165, 1.54) is 5.56 Å². The fraction of sp³-hybridized carbons (Fsp3) is 0.133. The SMILES string of the molecule is COc1ccc(Cn2cc3cc(Br)ccc3n2)cc1. The third-order valence-corrected chi connectivity index (χ3v) is 3.51. The van der Waals surface area contributed by atoms with Crippen LogP contribution in [0.25, 0.3) is 10.9 Å². The van der Waals surface area contributed by atoms with E-state index in [1.54, 1.807) is 7.11 Å². The number of benzene rings is 2. The second kappa shape index (κ2) is 5.05. The number of ether oxygens (including phenoxy) is 1. The van der Waals surface area contributed by atoms with Gasteiger partial charge in [0.15, 0.2) is 0 Å². The van der Waals surface area contributed by atoms with E-state index in [9.17, 15) is 0 Å². The van der Waals surface area contributed by atoms with Crippen LogP contribution in [0.2, 0.25) is 0 Å². The minimum absolute atomic E-state index is 0.760. The van der Waals surface area contributed by atoms with Crippen LogP contribution in [0.1, 0.15) is 5.56 Å². The van der Waals surface area contributed by atoms with E-state index < -0.39 is 0 Å². The zero-order valence-electron chi connectivity index (χ0n) is 10.5. The Kier molecular flexibility index (Phi) is 3.25. The van der Waals surface area contributed by atoms with E-state index in [-0.39, 0.29) is 0 Å². The van der Waals surface area contributed by atoms with Crippen LogP contribution in [0.15, 0.2) is 53.1 Å². The molecule has 0 amide bonds. The molecule has 3 aromatic rings. The third kappa shape index (κ3) is 2.63. The van der Waals surface area contributed by atoms with Gasteiger partial charge in [0.05, 0.1) is 19.2 Å². The molecular weight excluding hydrogens is 304 g/mol. The van der Waals surface area contributed by atoms with Crippen LogP contribution in [0.4, 0.5) is 0 Å². The molecule has 0 radical (unpaired) electrons. The van der Waals surface area contributed by atoms with Gasteiger partial charge in [-0.25, -0.2) is 0 Å². The third-order valence-electron chi connectivity index (χ3n) is 3.02. The van der Waals surface area contributed by atoms with Crippen molar-refractivity contribution in [2.75, 3.05) is 7.11 Å². The molecule has 19 heavy (non-hydrogen) atoms. The minimum Gasteiger partial charge on any atom is -0.497 e. The van der Waals surface area contributed by atoms with Crippen LogP contribution in [0.3, 0.4) is 0 Å². The number of fused-ring (bicyclic) bond motifs is 1. The van der Waals surface area contributed by atoms with E-state index in [0.29, 0.717) is 0 Å². The molecule has 2 aromatic carbocycles. The van der Waals surface area contributed by atoms with Crippen molar-refractivity contribution in [2.24, 2.45) is 0 Å². The van der Waals surface area contributed by atoms with Crippen molar-refractivity contribution in [2.45, 2.75) is 6.54 Å². The zero-order chi connectivity index (χ0) is 13.2. The molecule has 0 fully saturated rings. The predicted molar refractivity (Wildman–Crippen MR) is 79.5 cm³/mol. The van der Waals surface area contributed by atoms with Crippen molar-refractivity contribution in [3.05, 3.63) is 58.7 Å². The van der Waals surface area contributed by atoms with Gasteiger partial charge >= 0.3 is 0 Å². The highest BCUT2D eigenvalue weighted by atomic mass is 79.9. The summed E-state index contributed by atoms with van der Waals surface area (Å²) in [5, 5.41) is 5.70. The second-order valence-corrected chi connectivity index (χ2v) is 5.29. The topological polar surface area (TPSA) is 27.1 Å². The molecule has 0 spiro atoms. The fourth-order valence-corrected chi connectivity index (χ4v) is 2.43. The Bertz CT molecular complexity index is 704. The molecule has 96 valence electrons. The van der Waals surface area contributed by atoms with Crippen LogP contribution in [-0.2, 0) is 6.54 Å². The summed E-state index contributed by atoms with van der Waals surface area (Å²) in [6, 6.07) is 14.1. The standard InChI is InChI=1S/C15H13BrN2O/c1-19-14-5-2-11(3-6-14)9-18-10-12-8-13(16)4-7-15(12)17-18/h2-8,10H,9H2,1H3. The van der Waals surface area contributed by atoms with Gasteiger partial charge < -0.3 is 4.74 Å². The first kappa shape index (κ1) is 12.2. The molecule has 0 saturated heterocycles. The Morgan fingerprint density at radius 2 is 1.95 bits per heavy atom. The lowest BCUT2D eigenvalue weighted by molar-refractivity contribution is 0.414. The van der Waals surface area contributed by atoms with Crippen LogP contribution in [0.5, 0.6) is 5.75 Å². The Balaban J connectivity index is 1.87. The summed E-state index contributed by atoms with van der Waals surface area (Å²) in [5.41, 5.74) is 2.21. The van der Waals surface area contributed by atoms with Crippen LogP contribution < -0.4 is 4.74 Å². The predicted octanol–water partition coefficient (Wildman–Crippen LogP) is 3.86. The van der Waals surface area contributed by atoms with E-state index in [4.69, 9.17) is 4.74 Å². The van der Waals surface area contributed by atoms with Gasteiger partial charge in [-0.05, 0) is 35.9 Å². The molecule has 0 aliphatic carbocycles. The van der Waals surface area contributed by atoms with E-state index in [1.807, 2.05) is 28.9 Å². The molecule has 3 rings (SSSR count). The number of halogens is 1. The zero-order valence-corrected chi connectivity index (χ0v) is 12.1. The van der Waals surface area contributed by atoms with Gasteiger partial charge in [-0.1, -0.05) is 28.1 Å². The number of hydrogen-bond donors (Lipinski definition) is 0. The monoisotopic (exact) mass is 316 g/mol. The molecular formula is C15H13BrN2O. The molecule has 0 bridgehead atoms. The van der Waals surface area contributed by atoms with Gasteiger partial charge in [0, 0.05) is 16.1 Å². The molecule has 0 N–H and O–H groups in total. The normalized spacial score (nSPS) is 10.8. The lowest BCUT2D eigenvalue weighted by Crippen LogP contribution is -1.99. The van der Waals surface area contributed by atoms with Crippen molar-refractivity contribution >= 4 is 26.8 Å². The maximum Gasteiger partial charge on any atom is 0.118 e. The van der Waals surface area contributed by atoms with Gasteiger partial charge in [0.25, 0.3) is 0 Å². The Morgan fingerprint density at radius 1 is 1.16 bits per heavy atom. The van der Waals surface area contributed by atoms with Gasteiger partial charge in [0.1, 0.15) is 5.75 Å². The van der Waals surface area contributed by atoms with Crippen molar-refractivity contribution in [1.29, 1.82) is 0 Å². The van der Waals surface area contributed by atoms with Gasteiger partial charge in [-0.2, -0.15) is 5.10 Å². The van der Waals surface area contributed by atoms with Gasteiger partial charge in [0.2, 0.25) is 0 Å². The number of aromatic nitrogens is 2. The largest absolute Gasteiger partial charge is 0.497 e. The Labute approximate surface area is 119 Å². The van der Waals surface area contributed by atoms with E-state index in [2.05, 4.69) is 45.4 Å². The first-order chi connectivity index (χ1) is 9.24. The van der Waals surface area contributed by atoms with E-state index in [0.717, 1.165) is 27.7 Å². The summed E-state index contributed by atoms with van der Waals surface area (Å²) in [6.07, 6.45) is 2.06. The maximum absolute atomic E-state index is 5.15. The highest BCUT2D eigenvalue weighted by molar-refractivity contribution is 9.10. The van der Waals surface area contributed by atoms with Crippen LogP contribution in [0, 0.1) is 0 Å². The smallest absolute Gasteiger partial charge is 0.118 e. The van der Waals surface area contributed by atoms with E-state index >= 15 is 0 Å². The summed E-state index contributed by atoms with van der Waals surface area (Å²) in [7, 11) is 1.67. The summed E-state index contributed by atoms with van der Waals surface area (Å²) in [4.78, 5) is 0. The number of rotatable bonds is 3. The number of hydrogen-bond acceptors (Lipinski definition) is 2. The van der Waals surface area contributed by atoms with Crippen LogP contribution in [-0.4, -0.2) is 16.9 Å². The lowest BCUT2D eigenvalue weighted by atomic mass is 10.2. The molecule has 0 aliphatic heterocycles. The number of nitrogens with zero attached hydrogens (tertiary/aromatic N) is 2. The van der Waals surface area contributed by atoms with Crippen molar-refractivity contribution in [1.82, 2.24) is 9.78 Å². The summed E-state index contributed by atoms with van der Waals surface area (Å²) in [5.74, 6) is 0.873. The molecule has 0 atom stereocenters. The molecule has 0 aliphatic rings. The molecule has 4 heteroatoms. The summed E-state index contributed by atoms with van der Waals surface area (Å²) < 4.78 is 8.18. The molecule has 1 heterocycles. The van der Waals surface area contributed by atoms with Gasteiger partial charge in [-0.15, -0.1) is 0 Å². The van der Waals surface area contributed by atoms with Crippen molar-refractivity contribution < 1.29 is 4.74 Å². The average molecular weight is 317 g/mol. The Morgan fingerprint density at radius 3 is 2.68 bits per heavy atom. The highest BCUT2D eigenvalue weighted by Gasteiger charge is 2.02. The molecule has 0 saturated carbocycles. The molecule has 3 nitrogen and oxygen atoms in total. The van der Waals surface area contributed by atoms with Crippen LogP contribution >= 0.6 is 15.9 Å². The first-order valence-corrected chi connectivity index (χ1v) is 6.79.